The summed E-state index contributed by atoms with van der Waals surface area (Å²) in [7, 11) is 0. The number of carbonyl (C=O) groups is 4. The van der Waals surface area contributed by atoms with Gasteiger partial charge in [-0.1, -0.05) is 35.9 Å². The van der Waals surface area contributed by atoms with E-state index in [9.17, 15) is 19.2 Å². The van der Waals surface area contributed by atoms with Crippen LogP contribution in [0.4, 0.5) is 17.1 Å². The van der Waals surface area contributed by atoms with E-state index < -0.39 is 23.6 Å². The van der Waals surface area contributed by atoms with Crippen molar-refractivity contribution >= 4 is 52.2 Å². The summed E-state index contributed by atoms with van der Waals surface area (Å²) in [5.41, 5.74) is 3.04. The van der Waals surface area contributed by atoms with Crippen LogP contribution in [0.3, 0.4) is 0 Å². The van der Waals surface area contributed by atoms with Gasteiger partial charge in [0.2, 0.25) is 11.8 Å². The van der Waals surface area contributed by atoms with Crippen LogP contribution < -0.4 is 15.1 Å². The molecule has 2 heterocycles. The number of amides is 3. The van der Waals surface area contributed by atoms with Gasteiger partial charge in [0.25, 0.3) is 11.7 Å². The van der Waals surface area contributed by atoms with Crippen LogP contribution in [-0.2, 0) is 25.7 Å². The highest BCUT2D eigenvalue weighted by Gasteiger charge is 2.38. The third kappa shape index (κ3) is 5.85. The van der Waals surface area contributed by atoms with Crippen LogP contribution in [-0.4, -0.2) is 67.3 Å². The van der Waals surface area contributed by atoms with E-state index in [2.05, 4.69) is 10.2 Å². The molecule has 1 unspecified atom stereocenters. The standard InChI is InChI=1S/C30H29ClN4O5/c1-20(29(38)32-23-10-12-24(13-11-23)33-14-16-40-17-15-33)34(18-21-6-8-22(31)9-7-21)27(36)19-35-26-5-3-2-4-25(26)28(37)30(35)39/h2-13,20H,14-19H2,1H3,(H,32,38). The second-order valence-corrected chi connectivity index (χ2v) is 10.1. The molecule has 0 radical (unpaired) electrons. The number of hydrogen-bond donors (Lipinski definition) is 1. The van der Waals surface area contributed by atoms with Gasteiger partial charge in [-0.2, -0.15) is 0 Å². The zero-order valence-electron chi connectivity index (χ0n) is 22.0. The van der Waals surface area contributed by atoms with Crippen molar-refractivity contribution in [2.75, 3.05) is 48.0 Å². The molecule has 0 spiro atoms. The molecule has 40 heavy (non-hydrogen) atoms. The highest BCUT2D eigenvalue weighted by Crippen LogP contribution is 2.29. The molecule has 2 aliphatic heterocycles. The number of nitrogens with one attached hydrogen (secondary N) is 1. The number of halogens is 1. The Hall–Kier alpha value is -4.21. The summed E-state index contributed by atoms with van der Waals surface area (Å²) in [6, 6.07) is 20.2. The average Bonchev–Trinajstić information content (AvgIpc) is 3.22. The third-order valence-corrected chi connectivity index (χ3v) is 7.37. The number of ether oxygens (including phenoxy) is 1. The molecule has 0 saturated carbocycles. The number of hydrogen-bond acceptors (Lipinski definition) is 6. The lowest BCUT2D eigenvalue weighted by Crippen LogP contribution is -2.49. The van der Waals surface area contributed by atoms with Crippen LogP contribution in [0.25, 0.3) is 0 Å². The molecular weight excluding hydrogens is 532 g/mol. The lowest BCUT2D eigenvalue weighted by Gasteiger charge is -2.30. The summed E-state index contributed by atoms with van der Waals surface area (Å²) in [5, 5.41) is 3.44. The smallest absolute Gasteiger partial charge is 0.299 e. The lowest BCUT2D eigenvalue weighted by atomic mass is 10.1. The molecule has 1 fully saturated rings. The van der Waals surface area contributed by atoms with E-state index in [0.29, 0.717) is 29.6 Å². The molecule has 0 aromatic heterocycles. The van der Waals surface area contributed by atoms with Crippen molar-refractivity contribution < 1.29 is 23.9 Å². The second-order valence-electron chi connectivity index (χ2n) is 9.70. The SMILES string of the molecule is CC(C(=O)Nc1ccc(N2CCOCC2)cc1)N(Cc1ccc(Cl)cc1)C(=O)CN1C(=O)C(=O)c2ccccc21. The number of ketones is 1. The zero-order valence-corrected chi connectivity index (χ0v) is 22.8. The molecule has 206 valence electrons. The first-order valence-corrected chi connectivity index (χ1v) is 13.4. The predicted octanol–water partition coefficient (Wildman–Crippen LogP) is 3.76. The number of morpholine rings is 1. The quantitative estimate of drug-likeness (QED) is 0.421. The van der Waals surface area contributed by atoms with Crippen molar-refractivity contribution in [1.29, 1.82) is 0 Å². The van der Waals surface area contributed by atoms with Gasteiger partial charge in [0, 0.05) is 36.0 Å². The number of Topliss-reactive ketones (excluding diaryl/α,β-unsaturated/α-hetero) is 1. The van der Waals surface area contributed by atoms with Crippen LogP contribution in [0.15, 0.2) is 72.8 Å². The summed E-state index contributed by atoms with van der Waals surface area (Å²) < 4.78 is 5.41. The van der Waals surface area contributed by atoms with Crippen molar-refractivity contribution in [3.05, 3.63) is 88.9 Å². The Balaban J connectivity index is 1.33. The Bertz CT molecular complexity index is 1420. The Labute approximate surface area is 237 Å². The molecule has 10 heteroatoms. The van der Waals surface area contributed by atoms with Crippen LogP contribution in [0, 0.1) is 0 Å². The van der Waals surface area contributed by atoms with E-state index in [1.54, 1.807) is 55.5 Å². The Morgan fingerprint density at radius 2 is 1.65 bits per heavy atom. The van der Waals surface area contributed by atoms with Gasteiger partial charge in [-0.3, -0.25) is 24.1 Å². The van der Waals surface area contributed by atoms with Crippen molar-refractivity contribution in [2.45, 2.75) is 19.5 Å². The Morgan fingerprint density at radius 1 is 0.975 bits per heavy atom. The molecular formula is C30H29ClN4O5. The average molecular weight is 561 g/mol. The maximum Gasteiger partial charge on any atom is 0.299 e. The van der Waals surface area contributed by atoms with Gasteiger partial charge < -0.3 is 19.9 Å². The number of carbonyl (C=O) groups excluding carboxylic acids is 4. The zero-order chi connectivity index (χ0) is 28.2. The number of para-hydroxylation sites is 1. The van der Waals surface area contributed by atoms with E-state index in [0.717, 1.165) is 24.3 Å². The number of benzene rings is 3. The minimum absolute atomic E-state index is 0.109. The normalized spacial score (nSPS) is 15.6. The second kappa shape index (κ2) is 11.9. The van der Waals surface area contributed by atoms with Crippen LogP contribution in [0.1, 0.15) is 22.8 Å². The van der Waals surface area contributed by atoms with Gasteiger partial charge in [0.05, 0.1) is 24.5 Å². The molecule has 3 aromatic rings. The molecule has 5 rings (SSSR count). The van der Waals surface area contributed by atoms with Crippen LogP contribution >= 0.6 is 11.6 Å². The predicted molar refractivity (Wildman–Crippen MR) is 153 cm³/mol. The Morgan fingerprint density at radius 3 is 2.35 bits per heavy atom. The fourth-order valence-corrected chi connectivity index (χ4v) is 4.95. The van der Waals surface area contributed by atoms with Gasteiger partial charge in [-0.05, 0) is 61.0 Å². The molecule has 2 aliphatic rings. The van der Waals surface area contributed by atoms with E-state index in [1.165, 1.54) is 9.80 Å². The summed E-state index contributed by atoms with van der Waals surface area (Å²) in [4.78, 5) is 56.9. The molecule has 3 aromatic carbocycles. The molecule has 1 atom stereocenters. The Kier molecular flexibility index (Phi) is 8.14. The first-order chi connectivity index (χ1) is 19.3. The largest absolute Gasteiger partial charge is 0.378 e. The van der Waals surface area contributed by atoms with Crippen LogP contribution in [0.5, 0.6) is 0 Å². The van der Waals surface area contributed by atoms with Crippen molar-refractivity contribution in [2.24, 2.45) is 0 Å². The fraction of sp³-hybridized carbons (Fsp3) is 0.267. The number of nitrogens with zero attached hydrogens (tertiary/aromatic N) is 3. The van der Waals surface area contributed by atoms with Crippen molar-refractivity contribution in [3.8, 4) is 0 Å². The highest BCUT2D eigenvalue weighted by molar-refractivity contribution is 6.52. The number of anilines is 3. The minimum Gasteiger partial charge on any atom is -0.378 e. The molecule has 9 nitrogen and oxygen atoms in total. The van der Waals surface area contributed by atoms with Gasteiger partial charge in [0.15, 0.2) is 0 Å². The third-order valence-electron chi connectivity index (χ3n) is 7.12. The van der Waals surface area contributed by atoms with Gasteiger partial charge in [0.1, 0.15) is 12.6 Å². The summed E-state index contributed by atoms with van der Waals surface area (Å²) in [6.07, 6.45) is 0. The number of fused-ring (bicyclic) bond motifs is 1. The number of rotatable bonds is 8. The van der Waals surface area contributed by atoms with Gasteiger partial charge in [-0.25, -0.2) is 0 Å². The van der Waals surface area contributed by atoms with Crippen molar-refractivity contribution in [1.82, 2.24) is 4.90 Å². The fourth-order valence-electron chi connectivity index (χ4n) is 4.82. The maximum atomic E-state index is 13.6. The topological polar surface area (TPSA) is 99.3 Å². The molecule has 1 N–H and O–H groups in total. The summed E-state index contributed by atoms with van der Waals surface area (Å²) >= 11 is 6.04. The summed E-state index contributed by atoms with van der Waals surface area (Å²) in [5.74, 6) is -2.28. The van der Waals surface area contributed by atoms with Gasteiger partial charge in [-0.15, -0.1) is 0 Å². The van der Waals surface area contributed by atoms with E-state index >= 15 is 0 Å². The molecule has 1 saturated heterocycles. The van der Waals surface area contributed by atoms with E-state index in [1.807, 2.05) is 24.3 Å². The molecule has 0 aliphatic carbocycles. The first kappa shape index (κ1) is 27.4. The van der Waals surface area contributed by atoms with E-state index in [-0.39, 0.29) is 24.6 Å². The van der Waals surface area contributed by atoms with Gasteiger partial charge >= 0.3 is 0 Å². The maximum absolute atomic E-state index is 13.6. The molecule has 0 bridgehead atoms. The van der Waals surface area contributed by atoms with Crippen molar-refractivity contribution in [3.63, 3.8) is 0 Å². The highest BCUT2D eigenvalue weighted by atomic mass is 35.5. The minimum atomic E-state index is -0.884. The molecule has 3 amide bonds. The first-order valence-electron chi connectivity index (χ1n) is 13.0. The monoisotopic (exact) mass is 560 g/mol. The lowest BCUT2D eigenvalue weighted by molar-refractivity contribution is -0.138. The van der Waals surface area contributed by atoms with E-state index in [4.69, 9.17) is 16.3 Å². The van der Waals surface area contributed by atoms with Crippen LogP contribution in [0.2, 0.25) is 5.02 Å². The summed E-state index contributed by atoms with van der Waals surface area (Å²) in [6.45, 7) is 4.34.